The highest BCUT2D eigenvalue weighted by Crippen LogP contribution is 2.28. The molecule has 0 aliphatic rings. The molecule has 6 heteroatoms. The lowest BCUT2D eigenvalue weighted by Gasteiger charge is -2.13. The number of pyridine rings is 1. The molecule has 0 spiro atoms. The van der Waals surface area contributed by atoms with Gasteiger partial charge in [0.05, 0.1) is 25.0 Å². The summed E-state index contributed by atoms with van der Waals surface area (Å²) in [5, 5.41) is 3.18. The Morgan fingerprint density at radius 3 is 2.82 bits per heavy atom. The number of amides is 1. The van der Waals surface area contributed by atoms with Crippen LogP contribution < -0.4 is 20.5 Å². The molecule has 1 aromatic heterocycles. The zero-order chi connectivity index (χ0) is 15.9. The first-order valence-corrected chi connectivity index (χ1v) is 6.93. The Morgan fingerprint density at radius 2 is 2.14 bits per heavy atom. The first kappa shape index (κ1) is 15.6. The molecule has 0 radical (unpaired) electrons. The number of methoxy groups -OCH3 is 1. The number of anilines is 1. The zero-order valence-corrected chi connectivity index (χ0v) is 12.6. The molecule has 0 saturated heterocycles. The lowest BCUT2D eigenvalue weighted by molar-refractivity contribution is 0.100. The Kier molecular flexibility index (Phi) is 5.19. The van der Waals surface area contributed by atoms with Crippen molar-refractivity contribution in [1.29, 1.82) is 0 Å². The standard InChI is InChI=1S/C16H19N3O3/c1-3-22-15-8-11(4-5-14(15)21-2)9-19-13-6-7-18-10-12(13)16(17)20/h4-8,10H,3,9H2,1-2H3,(H2,17,20)(H,18,19). The molecule has 0 atom stereocenters. The molecule has 3 N–H and O–H groups in total. The van der Waals surface area contributed by atoms with Crippen molar-refractivity contribution in [2.45, 2.75) is 13.5 Å². The van der Waals surface area contributed by atoms with Gasteiger partial charge in [-0.15, -0.1) is 0 Å². The van der Waals surface area contributed by atoms with E-state index >= 15 is 0 Å². The van der Waals surface area contributed by atoms with Crippen LogP contribution >= 0.6 is 0 Å². The monoisotopic (exact) mass is 301 g/mol. The molecule has 0 saturated carbocycles. The fraction of sp³-hybridized carbons (Fsp3) is 0.250. The average molecular weight is 301 g/mol. The van der Waals surface area contributed by atoms with E-state index < -0.39 is 5.91 Å². The highest BCUT2D eigenvalue weighted by atomic mass is 16.5. The summed E-state index contributed by atoms with van der Waals surface area (Å²) in [6.07, 6.45) is 3.05. The third kappa shape index (κ3) is 3.66. The van der Waals surface area contributed by atoms with Gasteiger partial charge in [0, 0.05) is 18.9 Å². The molecule has 1 aromatic carbocycles. The minimum atomic E-state index is -0.514. The maximum atomic E-state index is 11.4. The number of nitrogens with one attached hydrogen (secondary N) is 1. The van der Waals surface area contributed by atoms with Gasteiger partial charge in [0.1, 0.15) is 0 Å². The molecule has 0 bridgehead atoms. The largest absolute Gasteiger partial charge is 0.493 e. The van der Waals surface area contributed by atoms with Crippen LogP contribution in [0.4, 0.5) is 5.69 Å². The van der Waals surface area contributed by atoms with Crippen LogP contribution in [0.3, 0.4) is 0 Å². The second-order valence-corrected chi connectivity index (χ2v) is 4.56. The number of hydrogen-bond acceptors (Lipinski definition) is 5. The van der Waals surface area contributed by atoms with E-state index in [4.69, 9.17) is 15.2 Å². The molecule has 6 nitrogen and oxygen atoms in total. The van der Waals surface area contributed by atoms with Crippen molar-refractivity contribution in [3.8, 4) is 11.5 Å². The van der Waals surface area contributed by atoms with Gasteiger partial charge >= 0.3 is 0 Å². The summed E-state index contributed by atoms with van der Waals surface area (Å²) in [6.45, 7) is 3.00. The van der Waals surface area contributed by atoms with Crippen LogP contribution in [0.5, 0.6) is 11.5 Å². The van der Waals surface area contributed by atoms with Crippen LogP contribution in [0.25, 0.3) is 0 Å². The van der Waals surface area contributed by atoms with E-state index in [2.05, 4.69) is 10.3 Å². The van der Waals surface area contributed by atoms with Gasteiger partial charge in [-0.3, -0.25) is 9.78 Å². The number of primary amides is 1. The summed E-state index contributed by atoms with van der Waals surface area (Å²) in [4.78, 5) is 15.3. The zero-order valence-electron chi connectivity index (χ0n) is 12.6. The van der Waals surface area contributed by atoms with Crippen molar-refractivity contribution >= 4 is 11.6 Å². The van der Waals surface area contributed by atoms with Gasteiger partial charge in [0.15, 0.2) is 11.5 Å². The molecular weight excluding hydrogens is 282 g/mol. The van der Waals surface area contributed by atoms with Crippen molar-refractivity contribution in [2.75, 3.05) is 19.0 Å². The number of hydrogen-bond donors (Lipinski definition) is 2. The molecule has 0 aliphatic heterocycles. The average Bonchev–Trinajstić information content (AvgIpc) is 2.53. The van der Waals surface area contributed by atoms with Gasteiger partial charge in [-0.1, -0.05) is 6.07 Å². The highest BCUT2D eigenvalue weighted by molar-refractivity contribution is 5.98. The predicted molar refractivity (Wildman–Crippen MR) is 84.2 cm³/mol. The smallest absolute Gasteiger partial charge is 0.252 e. The molecule has 22 heavy (non-hydrogen) atoms. The number of nitrogens with two attached hydrogens (primary N) is 1. The summed E-state index contributed by atoms with van der Waals surface area (Å²) in [5.41, 5.74) is 7.34. The summed E-state index contributed by atoms with van der Waals surface area (Å²) in [6, 6.07) is 7.40. The van der Waals surface area contributed by atoms with E-state index in [1.54, 1.807) is 19.4 Å². The van der Waals surface area contributed by atoms with E-state index in [1.807, 2.05) is 25.1 Å². The maximum Gasteiger partial charge on any atom is 0.252 e. The summed E-state index contributed by atoms with van der Waals surface area (Å²) in [7, 11) is 1.60. The molecule has 0 aliphatic carbocycles. The first-order valence-electron chi connectivity index (χ1n) is 6.93. The lowest BCUT2D eigenvalue weighted by atomic mass is 10.1. The van der Waals surface area contributed by atoms with Gasteiger partial charge in [-0.2, -0.15) is 0 Å². The van der Waals surface area contributed by atoms with Gasteiger partial charge in [-0.05, 0) is 30.7 Å². The Morgan fingerprint density at radius 1 is 1.32 bits per heavy atom. The predicted octanol–water partition coefficient (Wildman–Crippen LogP) is 2.20. The normalized spacial score (nSPS) is 10.1. The Bertz CT molecular complexity index is 659. The number of carbonyl (C=O) groups excluding carboxylic acids is 1. The molecular formula is C16H19N3O3. The number of aromatic nitrogens is 1. The minimum absolute atomic E-state index is 0.362. The Balaban J connectivity index is 2.15. The van der Waals surface area contributed by atoms with E-state index in [0.29, 0.717) is 35.9 Å². The highest BCUT2D eigenvalue weighted by Gasteiger charge is 2.09. The second-order valence-electron chi connectivity index (χ2n) is 4.56. The van der Waals surface area contributed by atoms with E-state index in [0.717, 1.165) is 5.56 Å². The lowest BCUT2D eigenvalue weighted by Crippen LogP contribution is -2.14. The fourth-order valence-corrected chi connectivity index (χ4v) is 2.04. The fourth-order valence-electron chi connectivity index (χ4n) is 2.04. The van der Waals surface area contributed by atoms with Crippen LogP contribution in [0.1, 0.15) is 22.8 Å². The quantitative estimate of drug-likeness (QED) is 0.818. The summed E-state index contributed by atoms with van der Waals surface area (Å²) in [5.74, 6) is 0.863. The van der Waals surface area contributed by atoms with Crippen molar-refractivity contribution in [1.82, 2.24) is 4.98 Å². The molecule has 1 heterocycles. The van der Waals surface area contributed by atoms with Gasteiger partial charge in [0.25, 0.3) is 5.91 Å². The van der Waals surface area contributed by atoms with Crippen LogP contribution in [0.15, 0.2) is 36.7 Å². The molecule has 1 amide bonds. The van der Waals surface area contributed by atoms with Crippen LogP contribution in [0.2, 0.25) is 0 Å². The minimum Gasteiger partial charge on any atom is -0.493 e. The molecule has 116 valence electrons. The van der Waals surface area contributed by atoms with E-state index in [-0.39, 0.29) is 0 Å². The van der Waals surface area contributed by atoms with Crippen LogP contribution in [0, 0.1) is 0 Å². The topological polar surface area (TPSA) is 86.5 Å². The molecule has 0 unspecified atom stereocenters. The molecule has 0 fully saturated rings. The summed E-state index contributed by atoms with van der Waals surface area (Å²) < 4.78 is 10.8. The number of rotatable bonds is 7. The van der Waals surface area contributed by atoms with Gasteiger partial charge in [0.2, 0.25) is 0 Å². The van der Waals surface area contributed by atoms with Crippen molar-refractivity contribution in [3.63, 3.8) is 0 Å². The maximum absolute atomic E-state index is 11.4. The number of nitrogens with zero attached hydrogens (tertiary/aromatic N) is 1. The second kappa shape index (κ2) is 7.31. The van der Waals surface area contributed by atoms with Crippen molar-refractivity contribution in [3.05, 3.63) is 47.8 Å². The molecule has 2 rings (SSSR count). The summed E-state index contributed by atoms with van der Waals surface area (Å²) >= 11 is 0. The first-order chi connectivity index (χ1) is 10.7. The number of carbonyl (C=O) groups is 1. The molecule has 2 aromatic rings. The van der Waals surface area contributed by atoms with Crippen molar-refractivity contribution in [2.24, 2.45) is 5.73 Å². The Hall–Kier alpha value is -2.76. The van der Waals surface area contributed by atoms with E-state index in [9.17, 15) is 4.79 Å². The van der Waals surface area contributed by atoms with Crippen LogP contribution in [-0.2, 0) is 6.54 Å². The van der Waals surface area contributed by atoms with E-state index in [1.165, 1.54) is 6.20 Å². The third-order valence-corrected chi connectivity index (χ3v) is 3.10. The van der Waals surface area contributed by atoms with Gasteiger partial charge in [-0.25, -0.2) is 0 Å². The van der Waals surface area contributed by atoms with Crippen LogP contribution in [-0.4, -0.2) is 24.6 Å². The number of ether oxygens (including phenoxy) is 2. The third-order valence-electron chi connectivity index (χ3n) is 3.10. The SMILES string of the molecule is CCOc1cc(CNc2ccncc2C(N)=O)ccc1OC. The Labute approximate surface area is 129 Å². The van der Waals surface area contributed by atoms with Gasteiger partial charge < -0.3 is 20.5 Å². The van der Waals surface area contributed by atoms with Crippen molar-refractivity contribution < 1.29 is 14.3 Å². The number of benzene rings is 1.